The number of hydrogen-bond acceptors (Lipinski definition) is 8. The van der Waals surface area contributed by atoms with Crippen molar-refractivity contribution >= 4 is 36.5 Å². The number of aryl methyl sites for hydroxylation is 1. The SMILES string of the molecule is Cc1ccc(S(=O)(=O)NCCc2nnc(NS(=O)(=O)c3ccc(OC(F)(F)F)cc3)s2)cc1. The third-order valence-corrected chi connectivity index (χ3v) is 7.88. The van der Waals surface area contributed by atoms with Crippen LogP contribution in [0.2, 0.25) is 0 Å². The lowest BCUT2D eigenvalue weighted by Crippen LogP contribution is -2.25. The fraction of sp³-hybridized carbons (Fsp3) is 0.222. The van der Waals surface area contributed by atoms with Gasteiger partial charge in [0.25, 0.3) is 10.0 Å². The molecule has 2 aromatic carbocycles. The average molecular weight is 523 g/mol. The van der Waals surface area contributed by atoms with Gasteiger partial charge in [0.1, 0.15) is 10.8 Å². The fourth-order valence-corrected chi connectivity index (χ4v) is 5.48. The van der Waals surface area contributed by atoms with Crippen LogP contribution in [-0.2, 0) is 26.5 Å². The van der Waals surface area contributed by atoms with E-state index in [2.05, 4.69) is 24.4 Å². The quantitative estimate of drug-likeness (QED) is 0.442. The van der Waals surface area contributed by atoms with Crippen LogP contribution in [0.15, 0.2) is 58.3 Å². The van der Waals surface area contributed by atoms with E-state index in [1.54, 1.807) is 12.1 Å². The van der Waals surface area contributed by atoms with Crippen molar-refractivity contribution in [2.24, 2.45) is 0 Å². The van der Waals surface area contributed by atoms with Gasteiger partial charge in [-0.25, -0.2) is 21.6 Å². The van der Waals surface area contributed by atoms with Crippen LogP contribution in [0.5, 0.6) is 5.75 Å². The first kappa shape index (κ1) is 24.9. The standard InChI is InChI=1S/C18H17F3N4O5S3/c1-12-2-6-14(7-3-12)32(26,27)22-11-10-16-23-24-17(31-16)25-33(28,29)15-8-4-13(5-9-15)30-18(19,20)21/h2-9,22H,10-11H2,1H3,(H,24,25). The molecule has 0 aliphatic heterocycles. The van der Waals surface area contributed by atoms with Crippen molar-refractivity contribution in [3.8, 4) is 5.75 Å². The topological polar surface area (TPSA) is 127 Å². The highest BCUT2D eigenvalue weighted by Gasteiger charge is 2.31. The summed E-state index contributed by atoms with van der Waals surface area (Å²) in [6, 6.07) is 9.95. The van der Waals surface area contributed by atoms with Crippen LogP contribution in [0.1, 0.15) is 10.6 Å². The zero-order chi connectivity index (χ0) is 24.3. The van der Waals surface area contributed by atoms with Gasteiger partial charge in [-0.3, -0.25) is 4.72 Å². The highest BCUT2D eigenvalue weighted by Crippen LogP contribution is 2.25. The Balaban J connectivity index is 1.58. The Morgan fingerprint density at radius 2 is 1.48 bits per heavy atom. The molecule has 0 amide bonds. The monoisotopic (exact) mass is 522 g/mol. The second kappa shape index (κ2) is 9.62. The molecule has 0 saturated heterocycles. The highest BCUT2D eigenvalue weighted by molar-refractivity contribution is 7.93. The lowest BCUT2D eigenvalue weighted by Gasteiger charge is -2.09. The lowest BCUT2D eigenvalue weighted by atomic mass is 10.2. The second-order valence-corrected chi connectivity index (χ2v) is 11.1. The molecule has 0 spiro atoms. The van der Waals surface area contributed by atoms with Crippen LogP contribution in [0.4, 0.5) is 18.3 Å². The van der Waals surface area contributed by atoms with Crippen LogP contribution in [0.25, 0.3) is 0 Å². The summed E-state index contributed by atoms with van der Waals surface area (Å²) in [5.74, 6) is -0.562. The predicted molar refractivity (Wildman–Crippen MR) is 114 cm³/mol. The molecule has 33 heavy (non-hydrogen) atoms. The first-order valence-electron chi connectivity index (χ1n) is 9.11. The summed E-state index contributed by atoms with van der Waals surface area (Å²) in [6.07, 6.45) is -4.73. The van der Waals surface area contributed by atoms with E-state index < -0.39 is 32.2 Å². The van der Waals surface area contributed by atoms with E-state index in [4.69, 9.17) is 0 Å². The van der Waals surface area contributed by atoms with Crippen LogP contribution < -0.4 is 14.2 Å². The van der Waals surface area contributed by atoms with Crippen molar-refractivity contribution in [3.63, 3.8) is 0 Å². The Kier molecular flexibility index (Phi) is 7.26. The average Bonchev–Trinajstić information content (AvgIpc) is 3.14. The Hall–Kier alpha value is -2.75. The Morgan fingerprint density at radius 1 is 0.909 bits per heavy atom. The molecule has 0 bridgehead atoms. The van der Waals surface area contributed by atoms with Gasteiger partial charge >= 0.3 is 6.36 Å². The van der Waals surface area contributed by atoms with Gasteiger partial charge in [-0.2, -0.15) is 0 Å². The Labute approximate surface area is 191 Å². The maximum absolute atomic E-state index is 12.4. The molecule has 1 heterocycles. The third kappa shape index (κ3) is 7.12. The highest BCUT2D eigenvalue weighted by atomic mass is 32.2. The summed E-state index contributed by atoms with van der Waals surface area (Å²) < 4.78 is 94.3. The van der Waals surface area contributed by atoms with Crippen molar-refractivity contribution in [2.45, 2.75) is 29.5 Å². The van der Waals surface area contributed by atoms with Crippen molar-refractivity contribution in [1.29, 1.82) is 0 Å². The maximum atomic E-state index is 12.4. The van der Waals surface area contributed by atoms with Crippen molar-refractivity contribution < 1.29 is 34.7 Å². The van der Waals surface area contributed by atoms with Crippen molar-refractivity contribution in [1.82, 2.24) is 14.9 Å². The van der Waals surface area contributed by atoms with E-state index in [0.717, 1.165) is 41.2 Å². The number of anilines is 1. The van der Waals surface area contributed by atoms with E-state index in [1.807, 2.05) is 6.92 Å². The number of hydrogen-bond donors (Lipinski definition) is 2. The summed E-state index contributed by atoms with van der Waals surface area (Å²) in [5.41, 5.74) is 0.920. The van der Waals surface area contributed by atoms with Crippen molar-refractivity contribution in [3.05, 3.63) is 59.1 Å². The molecule has 1 aromatic heterocycles. The molecule has 0 unspecified atom stereocenters. The van der Waals surface area contributed by atoms with Crippen LogP contribution in [0.3, 0.4) is 0 Å². The Morgan fingerprint density at radius 3 is 2.09 bits per heavy atom. The van der Waals surface area contributed by atoms with E-state index in [0.29, 0.717) is 5.01 Å². The van der Waals surface area contributed by atoms with E-state index >= 15 is 0 Å². The van der Waals surface area contributed by atoms with Gasteiger partial charge in [-0.1, -0.05) is 29.0 Å². The third-order valence-electron chi connectivity index (χ3n) is 4.02. The number of nitrogens with one attached hydrogen (secondary N) is 2. The molecule has 0 radical (unpaired) electrons. The van der Waals surface area contributed by atoms with Gasteiger partial charge in [0, 0.05) is 13.0 Å². The first-order valence-corrected chi connectivity index (χ1v) is 12.9. The molecule has 0 aliphatic carbocycles. The number of sulfonamides is 2. The molecule has 9 nitrogen and oxygen atoms in total. The number of rotatable bonds is 9. The summed E-state index contributed by atoms with van der Waals surface area (Å²) in [4.78, 5) is -0.190. The maximum Gasteiger partial charge on any atom is 0.573 e. The number of aromatic nitrogens is 2. The number of benzene rings is 2. The van der Waals surface area contributed by atoms with Gasteiger partial charge in [0.15, 0.2) is 0 Å². The van der Waals surface area contributed by atoms with Gasteiger partial charge in [0.05, 0.1) is 9.79 Å². The van der Waals surface area contributed by atoms with Gasteiger partial charge in [-0.05, 0) is 43.3 Å². The van der Waals surface area contributed by atoms with Crippen LogP contribution in [-0.4, -0.2) is 39.9 Å². The number of nitrogens with zero attached hydrogens (tertiary/aromatic N) is 2. The molecule has 2 N–H and O–H groups in total. The van der Waals surface area contributed by atoms with Crippen molar-refractivity contribution in [2.75, 3.05) is 11.3 Å². The van der Waals surface area contributed by atoms with Gasteiger partial charge < -0.3 is 4.74 Å². The van der Waals surface area contributed by atoms with E-state index in [1.165, 1.54) is 12.1 Å². The summed E-state index contributed by atoms with van der Waals surface area (Å²) in [7, 11) is -7.84. The smallest absolute Gasteiger partial charge is 0.406 e. The van der Waals surface area contributed by atoms with Gasteiger partial charge in [0.2, 0.25) is 15.2 Å². The minimum atomic E-state index is -4.89. The summed E-state index contributed by atoms with van der Waals surface area (Å²) in [6.45, 7) is 1.85. The molecular formula is C18H17F3N4O5S3. The predicted octanol–water partition coefficient (Wildman–Crippen LogP) is 3.07. The van der Waals surface area contributed by atoms with E-state index in [9.17, 15) is 30.0 Å². The molecule has 15 heteroatoms. The largest absolute Gasteiger partial charge is 0.573 e. The molecule has 0 aliphatic rings. The van der Waals surface area contributed by atoms with E-state index in [-0.39, 0.29) is 27.9 Å². The minimum absolute atomic E-state index is 0.0122. The molecule has 178 valence electrons. The second-order valence-electron chi connectivity index (χ2n) is 6.59. The molecular weight excluding hydrogens is 505 g/mol. The van der Waals surface area contributed by atoms with Crippen LogP contribution in [0, 0.1) is 6.92 Å². The summed E-state index contributed by atoms with van der Waals surface area (Å²) >= 11 is 0.893. The minimum Gasteiger partial charge on any atom is -0.406 e. The fourth-order valence-electron chi connectivity index (χ4n) is 2.48. The summed E-state index contributed by atoms with van der Waals surface area (Å²) in [5, 5.41) is 7.80. The first-order chi connectivity index (χ1) is 15.3. The Bertz CT molecular complexity index is 1310. The van der Waals surface area contributed by atoms with Gasteiger partial charge in [-0.15, -0.1) is 23.4 Å². The zero-order valence-corrected chi connectivity index (χ0v) is 19.3. The number of alkyl halides is 3. The molecule has 3 rings (SSSR count). The molecule has 3 aromatic rings. The van der Waals surface area contributed by atoms with Crippen LogP contribution >= 0.6 is 11.3 Å². The number of halogens is 3. The molecule has 0 saturated carbocycles. The normalized spacial score (nSPS) is 12.5. The zero-order valence-electron chi connectivity index (χ0n) is 16.8. The molecule has 0 atom stereocenters. The molecule has 0 fully saturated rings. The lowest BCUT2D eigenvalue weighted by molar-refractivity contribution is -0.274. The number of ether oxygens (including phenoxy) is 1.